The standard InChI is InChI=1S/C19H12N2O3S2/c22-17-14(18(23)21-19(25)20-17)10-12-8-9-16(24-12)26-15-7-3-5-11-4-1-2-6-13(11)15/h1-10H,(H2,20,21,22,23,25). The first-order valence-corrected chi connectivity index (χ1v) is 8.96. The summed E-state index contributed by atoms with van der Waals surface area (Å²) in [6, 6.07) is 17.7. The normalized spacial score (nSPS) is 14.3. The molecule has 1 fully saturated rings. The van der Waals surface area contributed by atoms with Gasteiger partial charge in [-0.1, -0.05) is 48.2 Å². The van der Waals surface area contributed by atoms with Crippen LogP contribution in [-0.4, -0.2) is 16.9 Å². The second-order valence-corrected chi connectivity index (χ2v) is 6.99. The number of thiocarbonyl (C=S) groups is 1. The van der Waals surface area contributed by atoms with Gasteiger partial charge >= 0.3 is 0 Å². The third-order valence-electron chi connectivity index (χ3n) is 3.79. The summed E-state index contributed by atoms with van der Waals surface area (Å²) < 4.78 is 5.76. The number of fused-ring (bicyclic) bond motifs is 1. The molecule has 0 bridgehead atoms. The molecule has 5 nitrogen and oxygen atoms in total. The number of carbonyl (C=O) groups excluding carboxylic acids is 2. The van der Waals surface area contributed by atoms with E-state index in [4.69, 9.17) is 16.6 Å². The minimum absolute atomic E-state index is 0.00351. The molecule has 2 amide bonds. The highest BCUT2D eigenvalue weighted by Gasteiger charge is 2.26. The fraction of sp³-hybridized carbons (Fsp3) is 0. The van der Waals surface area contributed by atoms with Gasteiger partial charge in [-0.2, -0.15) is 0 Å². The maximum Gasteiger partial charge on any atom is 0.263 e. The second kappa shape index (κ2) is 6.78. The number of amides is 2. The van der Waals surface area contributed by atoms with Crippen molar-refractivity contribution >= 4 is 57.8 Å². The molecule has 0 unspecified atom stereocenters. The zero-order valence-electron chi connectivity index (χ0n) is 13.3. The first-order chi connectivity index (χ1) is 12.6. The summed E-state index contributed by atoms with van der Waals surface area (Å²) >= 11 is 6.26. The first kappa shape index (κ1) is 16.6. The van der Waals surface area contributed by atoms with Crippen LogP contribution in [0.3, 0.4) is 0 Å². The molecule has 2 N–H and O–H groups in total. The molecular weight excluding hydrogens is 368 g/mol. The van der Waals surface area contributed by atoms with Crippen LogP contribution in [0.5, 0.6) is 0 Å². The summed E-state index contributed by atoms with van der Waals surface area (Å²) in [4.78, 5) is 24.8. The molecule has 1 saturated heterocycles. The average Bonchev–Trinajstić information content (AvgIpc) is 3.06. The topological polar surface area (TPSA) is 71.3 Å². The van der Waals surface area contributed by atoms with Gasteiger partial charge in [0, 0.05) is 4.90 Å². The zero-order valence-corrected chi connectivity index (χ0v) is 14.9. The average molecular weight is 380 g/mol. The Kier molecular flexibility index (Phi) is 4.32. The van der Waals surface area contributed by atoms with Gasteiger partial charge in [0.1, 0.15) is 11.3 Å². The minimum atomic E-state index is -0.543. The van der Waals surface area contributed by atoms with Gasteiger partial charge in [-0.05, 0) is 47.3 Å². The summed E-state index contributed by atoms with van der Waals surface area (Å²) in [5.74, 6) is -0.669. The van der Waals surface area contributed by atoms with E-state index in [1.807, 2.05) is 30.3 Å². The lowest BCUT2D eigenvalue weighted by Gasteiger charge is -2.15. The highest BCUT2D eigenvalue weighted by molar-refractivity contribution is 7.99. The van der Waals surface area contributed by atoms with Gasteiger partial charge in [0.05, 0.1) is 0 Å². The summed E-state index contributed by atoms with van der Waals surface area (Å²) in [6.45, 7) is 0. The molecule has 26 heavy (non-hydrogen) atoms. The lowest BCUT2D eigenvalue weighted by molar-refractivity contribution is -0.123. The van der Waals surface area contributed by atoms with E-state index in [9.17, 15) is 9.59 Å². The van der Waals surface area contributed by atoms with Crippen LogP contribution in [0.1, 0.15) is 5.76 Å². The van der Waals surface area contributed by atoms with Crippen LogP contribution in [0.2, 0.25) is 0 Å². The highest BCUT2D eigenvalue weighted by Crippen LogP contribution is 2.34. The fourth-order valence-electron chi connectivity index (χ4n) is 2.61. The lowest BCUT2D eigenvalue weighted by atomic mass is 10.1. The van der Waals surface area contributed by atoms with E-state index < -0.39 is 11.8 Å². The minimum Gasteiger partial charge on any atom is -0.450 e. The summed E-state index contributed by atoms with van der Waals surface area (Å²) in [7, 11) is 0. The van der Waals surface area contributed by atoms with Crippen molar-refractivity contribution in [2.24, 2.45) is 0 Å². The SMILES string of the molecule is O=C1NC(=S)NC(=O)C1=Cc1ccc(Sc2cccc3ccccc23)o1. The largest absolute Gasteiger partial charge is 0.450 e. The van der Waals surface area contributed by atoms with Crippen molar-refractivity contribution in [3.63, 3.8) is 0 Å². The maximum atomic E-state index is 11.9. The Balaban J connectivity index is 1.60. The maximum absolute atomic E-state index is 11.9. The van der Waals surface area contributed by atoms with Crippen molar-refractivity contribution in [3.8, 4) is 0 Å². The second-order valence-electron chi connectivity index (χ2n) is 5.53. The lowest BCUT2D eigenvalue weighted by Crippen LogP contribution is -2.51. The number of benzene rings is 2. The van der Waals surface area contributed by atoms with Gasteiger partial charge in [0.2, 0.25) is 0 Å². The Morgan fingerprint density at radius 3 is 2.46 bits per heavy atom. The van der Waals surface area contributed by atoms with E-state index in [0.29, 0.717) is 10.9 Å². The molecular formula is C19H12N2O3S2. The van der Waals surface area contributed by atoms with Crippen molar-refractivity contribution in [1.29, 1.82) is 0 Å². The van der Waals surface area contributed by atoms with Crippen LogP contribution in [0.4, 0.5) is 0 Å². The number of nitrogens with one attached hydrogen (secondary N) is 2. The van der Waals surface area contributed by atoms with Gasteiger partial charge in [0.15, 0.2) is 10.2 Å². The highest BCUT2D eigenvalue weighted by atomic mass is 32.2. The Hall–Kier alpha value is -2.90. The summed E-state index contributed by atoms with van der Waals surface area (Å²) in [5.41, 5.74) is -0.0466. The Morgan fingerprint density at radius 2 is 1.65 bits per heavy atom. The summed E-state index contributed by atoms with van der Waals surface area (Å²) in [6.07, 6.45) is 1.40. The van der Waals surface area contributed by atoms with Crippen molar-refractivity contribution in [3.05, 3.63) is 65.9 Å². The van der Waals surface area contributed by atoms with E-state index in [1.54, 1.807) is 6.07 Å². The molecule has 1 aliphatic heterocycles. The molecule has 2 aromatic carbocycles. The van der Waals surface area contributed by atoms with E-state index in [1.165, 1.54) is 17.8 Å². The fourth-order valence-corrected chi connectivity index (χ4v) is 3.73. The van der Waals surface area contributed by atoms with Crippen LogP contribution >= 0.6 is 24.0 Å². The molecule has 1 aliphatic rings. The summed E-state index contributed by atoms with van der Waals surface area (Å²) in [5, 5.41) is 7.74. The van der Waals surface area contributed by atoms with Gasteiger partial charge in [-0.3, -0.25) is 20.2 Å². The van der Waals surface area contributed by atoms with Crippen molar-refractivity contribution in [1.82, 2.24) is 10.6 Å². The monoisotopic (exact) mass is 380 g/mol. The number of furan rings is 1. The molecule has 0 saturated carbocycles. The molecule has 128 valence electrons. The third kappa shape index (κ3) is 3.26. The molecule has 0 spiro atoms. The Bertz CT molecular complexity index is 1060. The van der Waals surface area contributed by atoms with Gasteiger partial charge in [-0.25, -0.2) is 0 Å². The van der Waals surface area contributed by atoms with Gasteiger partial charge in [0.25, 0.3) is 11.8 Å². The molecule has 0 aliphatic carbocycles. The molecule has 7 heteroatoms. The van der Waals surface area contributed by atoms with Gasteiger partial charge in [-0.15, -0.1) is 0 Å². The van der Waals surface area contributed by atoms with Crippen LogP contribution in [0.25, 0.3) is 16.8 Å². The van der Waals surface area contributed by atoms with Crippen molar-refractivity contribution in [2.45, 2.75) is 9.99 Å². The third-order valence-corrected chi connectivity index (χ3v) is 4.99. The van der Waals surface area contributed by atoms with Crippen LogP contribution in [0.15, 0.2) is 74.6 Å². The van der Waals surface area contributed by atoms with Crippen LogP contribution in [0, 0.1) is 0 Å². The molecule has 4 rings (SSSR count). The predicted molar refractivity (Wildman–Crippen MR) is 104 cm³/mol. The Morgan fingerprint density at radius 1 is 0.923 bits per heavy atom. The quantitative estimate of drug-likeness (QED) is 0.413. The van der Waals surface area contributed by atoms with E-state index in [0.717, 1.165) is 15.7 Å². The molecule has 0 radical (unpaired) electrons. The van der Waals surface area contributed by atoms with E-state index in [-0.39, 0.29) is 10.7 Å². The van der Waals surface area contributed by atoms with E-state index >= 15 is 0 Å². The van der Waals surface area contributed by atoms with E-state index in [2.05, 4.69) is 28.8 Å². The van der Waals surface area contributed by atoms with Crippen molar-refractivity contribution < 1.29 is 14.0 Å². The van der Waals surface area contributed by atoms with Gasteiger partial charge < -0.3 is 4.42 Å². The molecule has 2 heterocycles. The zero-order chi connectivity index (χ0) is 18.1. The predicted octanol–water partition coefficient (Wildman–Crippen LogP) is 3.50. The molecule has 0 atom stereocenters. The van der Waals surface area contributed by atoms with Crippen LogP contribution in [-0.2, 0) is 9.59 Å². The Labute approximate surface area is 158 Å². The number of hydrogen-bond donors (Lipinski definition) is 2. The van der Waals surface area contributed by atoms with Crippen LogP contribution < -0.4 is 10.6 Å². The number of hydrogen-bond acceptors (Lipinski definition) is 5. The molecule has 3 aromatic rings. The smallest absolute Gasteiger partial charge is 0.263 e. The molecule has 1 aromatic heterocycles. The first-order valence-electron chi connectivity index (χ1n) is 7.74. The number of carbonyl (C=O) groups is 2. The van der Waals surface area contributed by atoms with Crippen molar-refractivity contribution in [2.75, 3.05) is 0 Å². The number of rotatable bonds is 3.